The van der Waals surface area contributed by atoms with E-state index in [0.29, 0.717) is 30.3 Å². The molecule has 3 saturated carbocycles. The lowest BCUT2D eigenvalue weighted by Crippen LogP contribution is -2.51. The lowest BCUT2D eigenvalue weighted by Gasteiger charge is -2.58. The van der Waals surface area contributed by atoms with Crippen molar-refractivity contribution in [3.05, 3.63) is 23.8 Å². The normalized spacial score (nSPS) is 33.7. The number of nitrogens with two attached hydrogens (primary N) is 2. The minimum atomic E-state index is -0.139. The molecule has 6 nitrogen and oxygen atoms in total. The minimum Gasteiger partial charge on any atom is -0.446 e. The number of hydrogen-bond donors (Lipinski definition) is 3. The van der Waals surface area contributed by atoms with E-state index in [-0.39, 0.29) is 17.6 Å². The number of hydrogen-bond acceptors (Lipinski definition) is 5. The maximum Gasteiger partial charge on any atom is 0.410 e. The zero-order valence-corrected chi connectivity index (χ0v) is 30.7. The summed E-state index contributed by atoms with van der Waals surface area (Å²) in [7, 11) is 0. The Morgan fingerprint density at radius 1 is 0.978 bits per heavy atom. The maximum atomic E-state index is 13.4. The highest BCUT2D eigenvalue weighted by atomic mass is 16.6. The quantitative estimate of drug-likeness (QED) is 0.110. The van der Waals surface area contributed by atoms with Crippen LogP contribution in [-0.4, -0.2) is 56.4 Å². The van der Waals surface area contributed by atoms with E-state index in [0.717, 1.165) is 101 Å². The summed E-state index contributed by atoms with van der Waals surface area (Å²) in [6, 6.07) is 0. The van der Waals surface area contributed by atoms with E-state index in [4.69, 9.17) is 16.2 Å². The number of nitrogens with zero attached hydrogens (tertiary/aromatic N) is 1. The van der Waals surface area contributed by atoms with Crippen LogP contribution in [-0.2, 0) is 4.74 Å². The highest BCUT2D eigenvalue weighted by Gasteiger charge is 2.59. The van der Waals surface area contributed by atoms with Crippen LogP contribution in [0.1, 0.15) is 125 Å². The van der Waals surface area contributed by atoms with Crippen molar-refractivity contribution in [2.45, 2.75) is 131 Å². The van der Waals surface area contributed by atoms with Gasteiger partial charge < -0.3 is 26.4 Å². The molecule has 0 saturated heterocycles. The third kappa shape index (κ3) is 8.61. The number of ether oxygens (including phenoxy) is 1. The Morgan fingerprint density at radius 3 is 2.43 bits per heavy atom. The number of carbonyl (C=O) groups is 1. The predicted molar refractivity (Wildman–Crippen MR) is 193 cm³/mol. The van der Waals surface area contributed by atoms with Crippen LogP contribution in [0.2, 0.25) is 0 Å². The van der Waals surface area contributed by atoms with Crippen molar-refractivity contribution in [1.29, 1.82) is 0 Å². The van der Waals surface area contributed by atoms with E-state index in [2.05, 4.69) is 65.1 Å². The molecule has 5 N–H and O–H groups in total. The van der Waals surface area contributed by atoms with Crippen LogP contribution in [0.5, 0.6) is 0 Å². The van der Waals surface area contributed by atoms with Crippen molar-refractivity contribution in [1.82, 2.24) is 10.2 Å². The highest BCUT2D eigenvalue weighted by molar-refractivity contribution is 5.67. The molecular weight excluding hydrogens is 568 g/mol. The van der Waals surface area contributed by atoms with Gasteiger partial charge in [0.15, 0.2) is 0 Å². The molecule has 3 fully saturated rings. The molecule has 0 spiro atoms. The summed E-state index contributed by atoms with van der Waals surface area (Å²) >= 11 is 0. The van der Waals surface area contributed by atoms with Crippen molar-refractivity contribution < 1.29 is 9.53 Å². The fourth-order valence-corrected chi connectivity index (χ4v) is 10.6. The lowest BCUT2D eigenvalue weighted by molar-refractivity contribution is -0.0563. The standard InChI is InChI=1S/C40H72N4O2/c1-7-31(29(2)3)13-12-30(4)35-16-17-36-34-15-14-32-28-33(18-20-39(32,5)37(34)19-21-40(35,36)6)46-38(45)44(27-11-23-42)26-9-8-24-43-25-10-22-41/h12-14,29-31,33-37,43H,7-11,15-28,41-42H2,1-6H3/b13-12+/t30-,31?,33?,34?,35-,36+,37+,39+,40-/m1/s1. The number of rotatable bonds is 17. The van der Waals surface area contributed by atoms with Gasteiger partial charge in [-0.25, -0.2) is 4.79 Å². The summed E-state index contributed by atoms with van der Waals surface area (Å²) in [4.78, 5) is 15.3. The predicted octanol–water partition coefficient (Wildman–Crippen LogP) is 8.31. The van der Waals surface area contributed by atoms with Gasteiger partial charge in [0.2, 0.25) is 0 Å². The molecule has 46 heavy (non-hydrogen) atoms. The van der Waals surface area contributed by atoms with Gasteiger partial charge >= 0.3 is 6.09 Å². The molecule has 0 aromatic rings. The van der Waals surface area contributed by atoms with Crippen LogP contribution in [0.3, 0.4) is 0 Å². The lowest BCUT2D eigenvalue weighted by atomic mass is 9.47. The molecule has 0 bridgehead atoms. The third-order valence-electron chi connectivity index (χ3n) is 13.5. The van der Waals surface area contributed by atoms with E-state index in [1.165, 1.54) is 38.5 Å². The molecule has 4 aliphatic carbocycles. The van der Waals surface area contributed by atoms with E-state index in [1.807, 2.05) is 4.90 Å². The van der Waals surface area contributed by atoms with Gasteiger partial charge in [-0.1, -0.05) is 65.3 Å². The summed E-state index contributed by atoms with van der Waals surface area (Å²) in [6.07, 6.45) is 22.5. The van der Waals surface area contributed by atoms with Crippen LogP contribution < -0.4 is 16.8 Å². The molecule has 264 valence electrons. The third-order valence-corrected chi connectivity index (χ3v) is 13.5. The molecule has 1 amide bonds. The number of fused-ring (bicyclic) bond motifs is 5. The fourth-order valence-electron chi connectivity index (χ4n) is 10.6. The Hall–Kier alpha value is -1.37. The van der Waals surface area contributed by atoms with E-state index < -0.39 is 0 Å². The second-order valence-electron chi connectivity index (χ2n) is 16.5. The molecular formula is C40H72N4O2. The van der Waals surface area contributed by atoms with Crippen molar-refractivity contribution in [2.75, 3.05) is 39.3 Å². The smallest absolute Gasteiger partial charge is 0.410 e. The summed E-state index contributed by atoms with van der Waals surface area (Å²) in [6.45, 7) is 19.5. The molecule has 0 aromatic carbocycles. The van der Waals surface area contributed by atoms with Crippen molar-refractivity contribution in [3.8, 4) is 0 Å². The van der Waals surface area contributed by atoms with Crippen LogP contribution in [0, 0.1) is 52.3 Å². The second-order valence-corrected chi connectivity index (χ2v) is 16.5. The molecule has 0 aliphatic heterocycles. The number of nitrogens with one attached hydrogen (secondary N) is 1. The topological polar surface area (TPSA) is 93.6 Å². The summed E-state index contributed by atoms with van der Waals surface area (Å²) < 4.78 is 6.25. The van der Waals surface area contributed by atoms with Crippen molar-refractivity contribution in [2.24, 2.45) is 63.7 Å². The molecule has 3 unspecified atom stereocenters. The van der Waals surface area contributed by atoms with Gasteiger partial charge in [-0.2, -0.15) is 0 Å². The number of amides is 1. The molecule has 6 heteroatoms. The van der Waals surface area contributed by atoms with E-state index >= 15 is 0 Å². The Kier molecular flexibility index (Phi) is 14.1. The van der Waals surface area contributed by atoms with Crippen molar-refractivity contribution >= 4 is 6.09 Å². The molecule has 0 heterocycles. The molecule has 0 radical (unpaired) electrons. The van der Waals surface area contributed by atoms with Crippen LogP contribution in [0.4, 0.5) is 4.79 Å². The maximum absolute atomic E-state index is 13.4. The summed E-state index contributed by atoms with van der Waals surface area (Å²) in [5.41, 5.74) is 13.7. The summed E-state index contributed by atoms with van der Waals surface area (Å²) in [5.74, 6) is 5.32. The molecule has 9 atom stereocenters. The number of unbranched alkanes of at least 4 members (excludes halogenated alkanes) is 1. The first-order valence-electron chi connectivity index (χ1n) is 19.5. The van der Waals surface area contributed by atoms with Gasteiger partial charge in [0, 0.05) is 19.5 Å². The zero-order chi connectivity index (χ0) is 33.3. The average molecular weight is 641 g/mol. The largest absolute Gasteiger partial charge is 0.446 e. The van der Waals surface area contributed by atoms with Gasteiger partial charge in [0.05, 0.1) is 0 Å². The van der Waals surface area contributed by atoms with Gasteiger partial charge in [-0.05, 0) is 155 Å². The van der Waals surface area contributed by atoms with Gasteiger partial charge in [-0.3, -0.25) is 0 Å². The minimum absolute atomic E-state index is 0.00294. The monoisotopic (exact) mass is 641 g/mol. The first kappa shape index (κ1) is 37.4. The summed E-state index contributed by atoms with van der Waals surface area (Å²) in [5, 5.41) is 3.44. The Balaban J connectivity index is 1.34. The molecule has 4 rings (SSSR count). The van der Waals surface area contributed by atoms with Gasteiger partial charge in [0.25, 0.3) is 0 Å². The van der Waals surface area contributed by atoms with Gasteiger partial charge in [-0.15, -0.1) is 0 Å². The van der Waals surface area contributed by atoms with Crippen molar-refractivity contribution in [3.63, 3.8) is 0 Å². The average Bonchev–Trinajstić information content (AvgIpc) is 3.39. The zero-order valence-electron chi connectivity index (χ0n) is 30.7. The SMILES string of the molecule is CCC(/C=C/[C@@H](C)[C@H]1CC[C@H]2C3CC=C4CC(OC(=O)N(CCCN)CCCCNCCCN)CC[C@]4(C)[C@H]3CC[C@]12C)C(C)C. The first-order valence-corrected chi connectivity index (χ1v) is 19.5. The molecule has 0 aromatic heterocycles. The second kappa shape index (κ2) is 17.3. The van der Waals surface area contributed by atoms with Crippen LogP contribution in [0.15, 0.2) is 23.8 Å². The van der Waals surface area contributed by atoms with Crippen LogP contribution >= 0.6 is 0 Å². The Morgan fingerprint density at radius 2 is 1.72 bits per heavy atom. The van der Waals surface area contributed by atoms with Crippen LogP contribution in [0.25, 0.3) is 0 Å². The first-order chi connectivity index (χ1) is 22.1. The highest BCUT2D eigenvalue weighted by Crippen LogP contribution is 2.67. The number of allylic oxidation sites excluding steroid dienone is 3. The van der Waals surface area contributed by atoms with Gasteiger partial charge in [0.1, 0.15) is 6.10 Å². The molecule has 4 aliphatic rings. The van der Waals surface area contributed by atoms with E-state index in [9.17, 15) is 4.79 Å². The number of carbonyl (C=O) groups excluding carboxylic acids is 1. The Bertz CT molecular complexity index is 1010. The van der Waals surface area contributed by atoms with E-state index in [1.54, 1.807) is 5.57 Å². The fraction of sp³-hybridized carbons (Fsp3) is 0.875. The Labute approximate surface area is 283 Å².